The van der Waals surface area contributed by atoms with Gasteiger partial charge in [-0.05, 0) is 34.7 Å². The van der Waals surface area contributed by atoms with Crippen molar-refractivity contribution >= 4 is 41.3 Å². The summed E-state index contributed by atoms with van der Waals surface area (Å²) in [6, 6.07) is 8.65. The number of nitrogens with one attached hydrogen (secondary N) is 1. The van der Waals surface area contributed by atoms with Gasteiger partial charge in [-0.2, -0.15) is 5.10 Å². The Morgan fingerprint density at radius 3 is 2.96 bits per heavy atom. The number of aromatic nitrogens is 4. The minimum Gasteiger partial charge on any atom is -0.455 e. The van der Waals surface area contributed by atoms with E-state index in [-0.39, 0.29) is 12.5 Å². The highest BCUT2D eigenvalue weighted by Gasteiger charge is 2.10. The molecule has 0 radical (unpaired) electrons. The van der Waals surface area contributed by atoms with Crippen LogP contribution in [-0.4, -0.2) is 32.3 Å². The molecule has 3 N–H and O–H groups in total. The highest BCUT2D eigenvalue weighted by Crippen LogP contribution is 2.34. The molecule has 0 fully saturated rings. The molecule has 0 saturated carbocycles. The molecule has 25 heavy (non-hydrogen) atoms. The number of carbonyl (C=O) groups excluding carboxylic acids is 1. The van der Waals surface area contributed by atoms with E-state index < -0.39 is 5.91 Å². The number of nitrogen functional groups attached to an aromatic ring is 1. The average Bonchev–Trinajstić information content (AvgIpc) is 3.20. The van der Waals surface area contributed by atoms with Gasteiger partial charge in [0.25, 0.3) is 5.91 Å². The van der Waals surface area contributed by atoms with Crippen molar-refractivity contribution in [2.75, 3.05) is 5.73 Å². The molecular weight excluding hydrogens is 369 g/mol. The van der Waals surface area contributed by atoms with E-state index in [2.05, 4.69) is 26.1 Å². The fourth-order valence-corrected chi connectivity index (χ4v) is 2.32. The number of hydrogen-bond acceptors (Lipinski definition) is 7. The van der Waals surface area contributed by atoms with Crippen molar-refractivity contribution in [1.29, 1.82) is 0 Å². The van der Waals surface area contributed by atoms with Gasteiger partial charge in [-0.25, -0.2) is 10.1 Å². The number of furan rings is 1. The summed E-state index contributed by atoms with van der Waals surface area (Å²) >= 11 is 12.1. The van der Waals surface area contributed by atoms with Gasteiger partial charge in [-0.3, -0.25) is 4.79 Å². The number of carbonyl (C=O) groups is 1. The third-order valence-electron chi connectivity index (χ3n) is 3.08. The van der Waals surface area contributed by atoms with Crippen LogP contribution in [-0.2, 0) is 11.3 Å². The zero-order chi connectivity index (χ0) is 17.8. The van der Waals surface area contributed by atoms with Gasteiger partial charge in [0, 0.05) is 5.56 Å². The van der Waals surface area contributed by atoms with Gasteiger partial charge in [0.05, 0.1) is 16.3 Å². The Morgan fingerprint density at radius 2 is 2.20 bits per heavy atom. The molecule has 2 heterocycles. The molecule has 128 valence electrons. The maximum Gasteiger partial charge on any atom is 0.261 e. The Hall–Kier alpha value is -2.91. The number of hydrazone groups is 1. The number of nitrogens with two attached hydrogens (primary N) is 1. The molecule has 0 unspecified atom stereocenters. The lowest BCUT2D eigenvalue weighted by Gasteiger charge is -2.02. The van der Waals surface area contributed by atoms with E-state index >= 15 is 0 Å². The monoisotopic (exact) mass is 379 g/mol. The van der Waals surface area contributed by atoms with Crippen LogP contribution < -0.4 is 11.2 Å². The molecule has 3 aromatic rings. The standard InChI is InChI=1S/C14H11Cl2N7O2/c15-10-3-1-2-9(13(10)16)11-5-4-8(25-11)6-18-19-12(24)7-23-14(17)20-21-22-23/h1-6H,7H2,(H,19,24)(H2,17,20,22)/b18-6-. The lowest BCUT2D eigenvalue weighted by atomic mass is 10.2. The number of tetrazole rings is 1. The summed E-state index contributed by atoms with van der Waals surface area (Å²) in [5, 5.41) is 15.0. The van der Waals surface area contributed by atoms with Crippen LogP contribution >= 0.6 is 23.2 Å². The minimum absolute atomic E-state index is 0.0354. The highest BCUT2D eigenvalue weighted by atomic mass is 35.5. The van der Waals surface area contributed by atoms with Crippen molar-refractivity contribution in [2.45, 2.75) is 6.54 Å². The van der Waals surface area contributed by atoms with Crippen LogP contribution in [0.2, 0.25) is 10.0 Å². The number of anilines is 1. The summed E-state index contributed by atoms with van der Waals surface area (Å²) in [4.78, 5) is 11.7. The lowest BCUT2D eigenvalue weighted by molar-refractivity contribution is -0.121. The minimum atomic E-state index is -0.445. The second-order valence-electron chi connectivity index (χ2n) is 4.79. The molecule has 11 heteroatoms. The van der Waals surface area contributed by atoms with Crippen molar-refractivity contribution in [2.24, 2.45) is 5.10 Å². The summed E-state index contributed by atoms with van der Waals surface area (Å²) < 4.78 is 6.75. The number of amides is 1. The van der Waals surface area contributed by atoms with E-state index in [1.807, 2.05) is 0 Å². The first-order chi connectivity index (χ1) is 12.0. The predicted octanol–water partition coefficient (Wildman–Crippen LogP) is 1.97. The summed E-state index contributed by atoms with van der Waals surface area (Å²) in [5.41, 5.74) is 8.44. The van der Waals surface area contributed by atoms with Gasteiger partial charge >= 0.3 is 0 Å². The maximum absolute atomic E-state index is 11.7. The molecule has 0 aliphatic rings. The van der Waals surface area contributed by atoms with Crippen molar-refractivity contribution in [3.8, 4) is 11.3 Å². The number of hydrogen-bond donors (Lipinski definition) is 2. The first-order valence-electron chi connectivity index (χ1n) is 6.92. The Labute approximate surface area is 151 Å². The molecule has 0 atom stereocenters. The van der Waals surface area contributed by atoms with Crippen LogP contribution in [0.25, 0.3) is 11.3 Å². The van der Waals surface area contributed by atoms with E-state index in [0.29, 0.717) is 27.1 Å². The third-order valence-corrected chi connectivity index (χ3v) is 3.90. The van der Waals surface area contributed by atoms with E-state index in [4.69, 9.17) is 33.4 Å². The Bertz CT molecular complexity index is 935. The molecule has 0 aliphatic carbocycles. The smallest absolute Gasteiger partial charge is 0.261 e. The number of halogens is 2. The number of benzene rings is 1. The third kappa shape index (κ3) is 3.95. The van der Waals surface area contributed by atoms with Gasteiger partial charge in [0.15, 0.2) is 0 Å². The SMILES string of the molecule is Nc1nnnn1CC(=O)N/N=C\c1ccc(-c2cccc(Cl)c2Cl)o1. The van der Waals surface area contributed by atoms with Crippen LogP contribution in [0, 0.1) is 0 Å². The second kappa shape index (κ2) is 7.32. The van der Waals surface area contributed by atoms with E-state index in [1.54, 1.807) is 30.3 Å². The molecule has 0 aliphatic heterocycles. The van der Waals surface area contributed by atoms with E-state index in [0.717, 1.165) is 4.68 Å². The topological polar surface area (TPSA) is 124 Å². The largest absolute Gasteiger partial charge is 0.455 e. The first-order valence-corrected chi connectivity index (χ1v) is 7.68. The average molecular weight is 380 g/mol. The van der Waals surface area contributed by atoms with Crippen LogP contribution in [0.3, 0.4) is 0 Å². The van der Waals surface area contributed by atoms with Gasteiger partial charge in [-0.15, -0.1) is 0 Å². The quantitative estimate of drug-likeness (QED) is 0.515. The van der Waals surface area contributed by atoms with Crippen LogP contribution in [0.1, 0.15) is 5.76 Å². The molecule has 9 nitrogen and oxygen atoms in total. The molecule has 1 amide bonds. The second-order valence-corrected chi connectivity index (χ2v) is 5.58. The van der Waals surface area contributed by atoms with Crippen LogP contribution in [0.15, 0.2) is 39.9 Å². The molecule has 1 aromatic carbocycles. The van der Waals surface area contributed by atoms with Crippen molar-refractivity contribution < 1.29 is 9.21 Å². The normalized spacial score (nSPS) is 11.1. The van der Waals surface area contributed by atoms with Crippen LogP contribution in [0.4, 0.5) is 5.95 Å². The van der Waals surface area contributed by atoms with Gasteiger partial charge in [0.2, 0.25) is 5.95 Å². The molecular formula is C14H11Cl2N7O2. The first kappa shape index (κ1) is 16.9. The van der Waals surface area contributed by atoms with Crippen molar-refractivity contribution in [1.82, 2.24) is 25.6 Å². The maximum atomic E-state index is 11.7. The molecule has 2 aromatic heterocycles. The summed E-state index contributed by atoms with van der Waals surface area (Å²) in [6.07, 6.45) is 1.35. The van der Waals surface area contributed by atoms with Crippen molar-refractivity contribution in [3.05, 3.63) is 46.1 Å². The Kier molecular flexibility index (Phi) is 4.96. The Morgan fingerprint density at radius 1 is 1.36 bits per heavy atom. The molecule has 3 rings (SSSR count). The van der Waals surface area contributed by atoms with E-state index in [1.165, 1.54) is 6.21 Å². The molecule has 0 spiro atoms. The van der Waals surface area contributed by atoms with Gasteiger partial charge < -0.3 is 10.2 Å². The summed E-state index contributed by atoms with van der Waals surface area (Å²) in [6.45, 7) is -0.155. The zero-order valence-electron chi connectivity index (χ0n) is 12.6. The highest BCUT2D eigenvalue weighted by molar-refractivity contribution is 6.43. The predicted molar refractivity (Wildman–Crippen MR) is 92.1 cm³/mol. The fraction of sp³-hybridized carbons (Fsp3) is 0.0714. The summed E-state index contributed by atoms with van der Waals surface area (Å²) in [5.74, 6) is 0.545. The lowest BCUT2D eigenvalue weighted by Crippen LogP contribution is -2.24. The summed E-state index contributed by atoms with van der Waals surface area (Å²) in [7, 11) is 0. The number of nitrogens with zero attached hydrogens (tertiary/aromatic N) is 5. The zero-order valence-corrected chi connectivity index (χ0v) is 14.1. The fourth-order valence-electron chi connectivity index (χ4n) is 1.92. The molecule has 0 bridgehead atoms. The number of rotatable bonds is 5. The molecule has 0 saturated heterocycles. The van der Waals surface area contributed by atoms with Gasteiger partial charge in [0.1, 0.15) is 18.1 Å². The van der Waals surface area contributed by atoms with Crippen LogP contribution in [0.5, 0.6) is 0 Å². The van der Waals surface area contributed by atoms with E-state index in [9.17, 15) is 4.79 Å². The van der Waals surface area contributed by atoms with Crippen molar-refractivity contribution in [3.63, 3.8) is 0 Å². The Balaban J connectivity index is 1.63. The van der Waals surface area contributed by atoms with Gasteiger partial charge in [-0.1, -0.05) is 34.4 Å².